The summed E-state index contributed by atoms with van der Waals surface area (Å²) in [6.45, 7) is 1.84. The van der Waals surface area contributed by atoms with E-state index in [4.69, 9.17) is 10.7 Å². The van der Waals surface area contributed by atoms with Crippen molar-refractivity contribution in [2.75, 3.05) is 0 Å². The number of nitrogens with zero attached hydrogens (tertiary/aromatic N) is 2. The third-order valence-corrected chi connectivity index (χ3v) is 2.45. The number of hydrogen-bond acceptors (Lipinski definition) is 3. The van der Waals surface area contributed by atoms with E-state index in [9.17, 15) is 8.42 Å². The van der Waals surface area contributed by atoms with Crippen LogP contribution in [0, 0.1) is 6.92 Å². The topological polar surface area (TPSA) is 52.0 Å². The molecule has 6 heteroatoms. The van der Waals surface area contributed by atoms with Crippen LogP contribution in [0.5, 0.6) is 0 Å². The zero-order valence-electron chi connectivity index (χ0n) is 6.78. The molecule has 0 fully saturated rings. The van der Waals surface area contributed by atoms with E-state index in [1.165, 1.54) is 0 Å². The molecule has 1 heterocycles. The van der Waals surface area contributed by atoms with Gasteiger partial charge in [0.2, 0.25) is 9.05 Å². The van der Waals surface area contributed by atoms with Gasteiger partial charge >= 0.3 is 0 Å². The molecule has 0 saturated heterocycles. The van der Waals surface area contributed by atoms with Crippen molar-refractivity contribution in [3.63, 3.8) is 0 Å². The molecule has 12 heavy (non-hydrogen) atoms. The molecule has 0 aliphatic carbocycles. The fourth-order valence-electron chi connectivity index (χ4n) is 0.882. The molecule has 68 valence electrons. The van der Waals surface area contributed by atoms with Crippen molar-refractivity contribution in [3.05, 3.63) is 17.5 Å². The molecule has 0 aliphatic rings. The van der Waals surface area contributed by atoms with Crippen LogP contribution in [0.1, 0.15) is 11.4 Å². The normalized spacial score (nSPS) is 11.9. The van der Waals surface area contributed by atoms with Crippen molar-refractivity contribution in [3.8, 4) is 0 Å². The Morgan fingerprint density at radius 3 is 2.58 bits per heavy atom. The Balaban J connectivity index is 2.92. The first-order chi connectivity index (χ1) is 5.38. The van der Waals surface area contributed by atoms with E-state index in [0.29, 0.717) is 5.69 Å². The van der Waals surface area contributed by atoms with Gasteiger partial charge in [-0.2, -0.15) is 5.10 Å². The molecule has 0 aliphatic heterocycles. The highest BCUT2D eigenvalue weighted by atomic mass is 35.7. The molecule has 4 nitrogen and oxygen atoms in total. The first kappa shape index (κ1) is 9.54. The van der Waals surface area contributed by atoms with Crippen molar-refractivity contribution in [2.24, 2.45) is 7.05 Å². The zero-order valence-corrected chi connectivity index (χ0v) is 8.35. The number of hydrogen-bond donors (Lipinski definition) is 0. The van der Waals surface area contributed by atoms with Crippen LogP contribution in [0.3, 0.4) is 0 Å². The lowest BCUT2D eigenvalue weighted by molar-refractivity contribution is 0.607. The fourth-order valence-corrected chi connectivity index (χ4v) is 1.71. The summed E-state index contributed by atoms with van der Waals surface area (Å²) < 4.78 is 22.9. The van der Waals surface area contributed by atoms with Gasteiger partial charge in [0.1, 0.15) is 5.75 Å². The number of halogens is 1. The molecule has 0 unspecified atom stereocenters. The molecule has 0 bridgehead atoms. The molecule has 0 amide bonds. The van der Waals surface area contributed by atoms with Crippen molar-refractivity contribution < 1.29 is 8.42 Å². The minimum atomic E-state index is -3.48. The van der Waals surface area contributed by atoms with Crippen molar-refractivity contribution in [2.45, 2.75) is 12.7 Å². The summed E-state index contributed by atoms with van der Waals surface area (Å²) in [5.41, 5.74) is 1.38. The van der Waals surface area contributed by atoms with Crippen LogP contribution >= 0.6 is 10.7 Å². The predicted molar refractivity (Wildman–Crippen MR) is 46.4 cm³/mol. The van der Waals surface area contributed by atoms with Crippen LogP contribution < -0.4 is 0 Å². The van der Waals surface area contributed by atoms with Crippen LogP contribution in [0.4, 0.5) is 0 Å². The highest BCUT2D eigenvalue weighted by Crippen LogP contribution is 2.08. The Bertz CT molecular complexity index is 363. The van der Waals surface area contributed by atoms with Crippen LogP contribution in [0.2, 0.25) is 0 Å². The Kier molecular flexibility index (Phi) is 2.44. The van der Waals surface area contributed by atoms with Gasteiger partial charge in [-0.25, -0.2) is 8.42 Å². The van der Waals surface area contributed by atoms with E-state index in [1.54, 1.807) is 17.8 Å². The summed E-state index contributed by atoms with van der Waals surface area (Å²) in [5, 5.41) is 3.95. The van der Waals surface area contributed by atoms with E-state index in [2.05, 4.69) is 5.10 Å². The van der Waals surface area contributed by atoms with Gasteiger partial charge in [-0.1, -0.05) is 0 Å². The molecule has 1 aromatic heterocycles. The summed E-state index contributed by atoms with van der Waals surface area (Å²) in [6.07, 6.45) is 0. The van der Waals surface area contributed by atoms with Crippen molar-refractivity contribution in [1.82, 2.24) is 9.78 Å². The fraction of sp³-hybridized carbons (Fsp3) is 0.500. The van der Waals surface area contributed by atoms with E-state index < -0.39 is 9.05 Å². The van der Waals surface area contributed by atoms with E-state index in [1.807, 2.05) is 6.92 Å². The average Bonchev–Trinajstić information content (AvgIpc) is 2.07. The van der Waals surface area contributed by atoms with E-state index in [0.717, 1.165) is 5.69 Å². The highest BCUT2D eigenvalue weighted by molar-refractivity contribution is 8.13. The zero-order chi connectivity index (χ0) is 9.35. The second kappa shape index (κ2) is 3.06. The maximum absolute atomic E-state index is 10.6. The second-order valence-corrected chi connectivity index (χ2v) is 5.36. The summed E-state index contributed by atoms with van der Waals surface area (Å²) in [5.74, 6) is -0.212. The molecule has 0 spiro atoms. The summed E-state index contributed by atoms with van der Waals surface area (Å²) in [4.78, 5) is 0. The van der Waals surface area contributed by atoms with Crippen LogP contribution in [-0.4, -0.2) is 18.2 Å². The van der Waals surface area contributed by atoms with Crippen LogP contribution in [0.15, 0.2) is 6.07 Å². The monoisotopic (exact) mass is 208 g/mol. The molecule has 0 N–H and O–H groups in total. The van der Waals surface area contributed by atoms with Gasteiger partial charge in [-0.3, -0.25) is 4.68 Å². The molecular weight excluding hydrogens is 200 g/mol. The molecular formula is C6H9ClN2O2S. The minimum Gasteiger partial charge on any atom is -0.273 e. The lowest BCUT2D eigenvalue weighted by Gasteiger charge is -1.90. The third-order valence-electron chi connectivity index (χ3n) is 1.48. The molecule has 1 rings (SSSR count). The lowest BCUT2D eigenvalue weighted by atomic mass is 10.4. The Morgan fingerprint density at radius 1 is 1.67 bits per heavy atom. The summed E-state index contributed by atoms with van der Waals surface area (Å²) in [7, 11) is 3.32. The quantitative estimate of drug-likeness (QED) is 0.676. The molecule has 0 atom stereocenters. The maximum atomic E-state index is 10.6. The molecule has 1 aromatic rings. The number of aromatic nitrogens is 2. The van der Waals surface area contributed by atoms with Gasteiger partial charge < -0.3 is 0 Å². The smallest absolute Gasteiger partial charge is 0.238 e. The van der Waals surface area contributed by atoms with Crippen molar-refractivity contribution in [1.29, 1.82) is 0 Å². The van der Waals surface area contributed by atoms with Gasteiger partial charge in [0.05, 0.1) is 5.69 Å². The maximum Gasteiger partial charge on any atom is 0.238 e. The van der Waals surface area contributed by atoms with Gasteiger partial charge in [0.25, 0.3) is 0 Å². The van der Waals surface area contributed by atoms with Gasteiger partial charge in [0.15, 0.2) is 0 Å². The van der Waals surface area contributed by atoms with Crippen LogP contribution in [0.25, 0.3) is 0 Å². The SMILES string of the molecule is Cc1cc(CS(=O)(=O)Cl)nn1C. The second-order valence-electron chi connectivity index (χ2n) is 2.58. The predicted octanol–water partition coefficient (Wildman–Crippen LogP) is 0.797. The number of aryl methyl sites for hydroxylation is 2. The largest absolute Gasteiger partial charge is 0.273 e. The van der Waals surface area contributed by atoms with Gasteiger partial charge in [-0.15, -0.1) is 0 Å². The minimum absolute atomic E-state index is 0.212. The first-order valence-corrected chi connectivity index (χ1v) is 5.78. The lowest BCUT2D eigenvalue weighted by Crippen LogP contribution is -1.97. The Labute approximate surface area is 75.6 Å². The number of rotatable bonds is 2. The summed E-state index contributed by atoms with van der Waals surface area (Å²) in [6, 6.07) is 1.69. The Hall–Kier alpha value is -0.550. The third kappa shape index (κ3) is 2.49. The van der Waals surface area contributed by atoms with Crippen LogP contribution in [-0.2, 0) is 21.9 Å². The van der Waals surface area contributed by atoms with E-state index >= 15 is 0 Å². The summed E-state index contributed by atoms with van der Waals surface area (Å²) >= 11 is 0. The van der Waals surface area contributed by atoms with E-state index in [-0.39, 0.29) is 5.75 Å². The molecule has 0 radical (unpaired) electrons. The average molecular weight is 209 g/mol. The standard InChI is InChI=1S/C6H9ClN2O2S/c1-5-3-6(8-9(5)2)4-12(7,10)11/h3H,4H2,1-2H3. The Morgan fingerprint density at radius 2 is 2.25 bits per heavy atom. The van der Waals surface area contributed by atoms with Crippen molar-refractivity contribution >= 4 is 19.7 Å². The van der Waals surface area contributed by atoms with Gasteiger partial charge in [-0.05, 0) is 13.0 Å². The highest BCUT2D eigenvalue weighted by Gasteiger charge is 2.10. The molecule has 0 saturated carbocycles. The first-order valence-electron chi connectivity index (χ1n) is 3.30. The van der Waals surface area contributed by atoms with Gasteiger partial charge in [0, 0.05) is 23.4 Å². The molecule has 0 aromatic carbocycles.